The third kappa shape index (κ3) is 9.82. The molecule has 4 aliphatic rings. The zero-order valence-corrected chi connectivity index (χ0v) is 35.7. The lowest BCUT2D eigenvalue weighted by Gasteiger charge is -2.40. The van der Waals surface area contributed by atoms with Crippen LogP contribution in [0, 0.1) is 35.5 Å². The van der Waals surface area contributed by atoms with Gasteiger partial charge in [-0.2, -0.15) is 5.26 Å². The zero-order chi connectivity index (χ0) is 43.3. The van der Waals surface area contributed by atoms with Crippen molar-refractivity contribution in [2.45, 2.75) is 161 Å². The number of hydrogen-bond donors (Lipinski definition) is 5. The fourth-order valence-electron chi connectivity index (χ4n) is 9.51. The molecular formula is C46H61N7O7. The summed E-state index contributed by atoms with van der Waals surface area (Å²) in [5, 5.41) is 21.8. The molecular weight excluding hydrogens is 763 g/mol. The minimum atomic E-state index is -1.10. The number of hydrogen-bond acceptors (Lipinski definition) is 8. The first-order chi connectivity index (χ1) is 28.6. The lowest BCUT2D eigenvalue weighted by Crippen LogP contribution is -2.63. The van der Waals surface area contributed by atoms with Crippen molar-refractivity contribution in [1.29, 1.82) is 5.26 Å². The van der Waals surface area contributed by atoms with Crippen LogP contribution in [0.3, 0.4) is 0 Å². The summed E-state index contributed by atoms with van der Waals surface area (Å²) in [6.45, 7) is 9.02. The second-order valence-electron chi connectivity index (χ2n) is 18.4. The van der Waals surface area contributed by atoms with Gasteiger partial charge in [0.05, 0.1) is 17.2 Å². The van der Waals surface area contributed by atoms with E-state index in [0.29, 0.717) is 43.4 Å². The first-order valence-electron chi connectivity index (χ1n) is 21.9. The van der Waals surface area contributed by atoms with Crippen LogP contribution in [-0.2, 0) is 24.0 Å². The number of rotatable bonds is 15. The number of H-pyrrole nitrogens is 1. The summed E-state index contributed by atoms with van der Waals surface area (Å²) in [6.07, 6.45) is 10.2. The number of fused-ring (bicyclic) bond motifs is 1. The number of nitrogens with zero attached hydrogens (tertiary/aromatic N) is 2. The van der Waals surface area contributed by atoms with Gasteiger partial charge in [0.25, 0.3) is 11.8 Å². The van der Waals surface area contributed by atoms with Crippen LogP contribution in [-0.4, -0.2) is 87.2 Å². The molecule has 2 aromatic rings. The highest BCUT2D eigenvalue weighted by atomic mass is 16.2. The summed E-state index contributed by atoms with van der Waals surface area (Å²) >= 11 is 0. The van der Waals surface area contributed by atoms with E-state index in [1.165, 1.54) is 0 Å². The van der Waals surface area contributed by atoms with Crippen LogP contribution in [0.2, 0.25) is 0 Å². The fourth-order valence-corrected chi connectivity index (χ4v) is 9.51. The number of ketones is 2. The standard InChI is InChI=1S/C46H61N7O7/c1-6-15-32(39(55)44(59)49-30-22-23-30)50-41(56)34-24-29-20-13-14-21-33(29)53(34)45(60)40(46(3,4)5)52-42(57)36(27-16-9-7-10-17-27)51-43(58)37-31(25-47)35(26(2)48-37)38(54)28-18-11-8-12-19-28/h8,11-12,18-19,27,29-30,32-34,36,40,48H,6-7,9-10,13-17,20-24H2,1-5H3,(H,49,59)(H,50,56)(H,51,58)(H,52,57)/t29-,32-,33-,34-,36-,40+/m0/s1. The SMILES string of the molecule is CCC[C@H](NC(=O)[C@@H]1C[C@@H]2CCCC[C@@H]2N1C(=O)[C@@H](NC(=O)[C@@H](NC(=O)c1[nH]c(C)c(C(=O)c2ccccc2)c1C#N)C1CCCCC1)C(C)(C)C)C(=O)C(=O)NC1CC1. The van der Waals surface area contributed by atoms with Crippen molar-refractivity contribution < 1.29 is 33.6 Å². The Labute approximate surface area is 352 Å². The van der Waals surface area contributed by atoms with Crippen LogP contribution in [0.1, 0.15) is 155 Å². The molecule has 60 heavy (non-hydrogen) atoms. The third-order valence-corrected chi connectivity index (χ3v) is 12.9. The van der Waals surface area contributed by atoms with Crippen LogP contribution in [0.25, 0.3) is 0 Å². The Hall–Kier alpha value is -5.32. The Bertz CT molecular complexity index is 2000. The van der Waals surface area contributed by atoms with Crippen LogP contribution in [0.4, 0.5) is 0 Å². The Morgan fingerprint density at radius 3 is 2.18 bits per heavy atom. The number of aromatic amines is 1. The van der Waals surface area contributed by atoms with Gasteiger partial charge in [0.2, 0.25) is 23.5 Å². The van der Waals surface area contributed by atoms with Crippen molar-refractivity contribution in [3.05, 3.63) is 58.4 Å². The molecule has 3 saturated carbocycles. The Morgan fingerprint density at radius 2 is 1.55 bits per heavy atom. The van der Waals surface area contributed by atoms with Gasteiger partial charge in [0.1, 0.15) is 29.9 Å². The van der Waals surface area contributed by atoms with Crippen molar-refractivity contribution >= 4 is 41.1 Å². The van der Waals surface area contributed by atoms with Gasteiger partial charge in [-0.15, -0.1) is 0 Å². The topological polar surface area (TPSA) is 210 Å². The normalized spacial score (nSPS) is 22.0. The summed E-state index contributed by atoms with van der Waals surface area (Å²) in [5.41, 5.74) is -0.270. The molecule has 0 bridgehead atoms. The number of amides is 5. The van der Waals surface area contributed by atoms with Crippen LogP contribution in [0.15, 0.2) is 30.3 Å². The van der Waals surface area contributed by atoms with Crippen molar-refractivity contribution in [2.75, 3.05) is 0 Å². The maximum atomic E-state index is 15.1. The molecule has 14 nitrogen and oxygen atoms in total. The Morgan fingerprint density at radius 1 is 0.883 bits per heavy atom. The maximum Gasteiger partial charge on any atom is 0.289 e. The number of benzene rings is 1. The molecule has 0 radical (unpaired) electrons. The van der Waals surface area contributed by atoms with Gasteiger partial charge in [0.15, 0.2) is 5.78 Å². The summed E-state index contributed by atoms with van der Waals surface area (Å²) in [5.74, 6) is -4.20. The minimum Gasteiger partial charge on any atom is -0.353 e. The molecule has 5 amide bonds. The monoisotopic (exact) mass is 823 g/mol. The van der Waals surface area contributed by atoms with Gasteiger partial charge >= 0.3 is 0 Å². The predicted octanol–water partition coefficient (Wildman–Crippen LogP) is 4.93. The molecule has 1 aliphatic heterocycles. The number of likely N-dealkylation sites (tertiary alicyclic amines) is 1. The van der Waals surface area contributed by atoms with Crippen LogP contribution < -0.4 is 21.3 Å². The van der Waals surface area contributed by atoms with Gasteiger partial charge in [0, 0.05) is 23.3 Å². The number of carbonyl (C=O) groups excluding carboxylic acids is 7. The zero-order valence-electron chi connectivity index (χ0n) is 35.7. The van der Waals surface area contributed by atoms with E-state index in [-0.39, 0.29) is 47.2 Å². The number of carbonyl (C=O) groups is 7. The highest BCUT2D eigenvalue weighted by Crippen LogP contribution is 2.41. The van der Waals surface area contributed by atoms with E-state index in [0.717, 1.165) is 51.4 Å². The molecule has 6 atom stereocenters. The van der Waals surface area contributed by atoms with E-state index in [9.17, 15) is 34.0 Å². The Balaban J connectivity index is 1.26. The lowest BCUT2D eigenvalue weighted by molar-refractivity contribution is -0.147. The maximum absolute atomic E-state index is 15.1. The Kier molecular flexibility index (Phi) is 14.0. The number of nitriles is 1. The third-order valence-electron chi connectivity index (χ3n) is 12.9. The molecule has 1 aromatic carbocycles. The average molecular weight is 824 g/mol. The van der Waals surface area contributed by atoms with Gasteiger partial charge in [-0.3, -0.25) is 33.6 Å². The van der Waals surface area contributed by atoms with E-state index < -0.39 is 70.7 Å². The van der Waals surface area contributed by atoms with Gasteiger partial charge in [-0.1, -0.05) is 96.6 Å². The minimum absolute atomic E-state index is 0.0165. The van der Waals surface area contributed by atoms with Gasteiger partial charge < -0.3 is 31.2 Å². The second-order valence-corrected chi connectivity index (χ2v) is 18.4. The predicted molar refractivity (Wildman–Crippen MR) is 223 cm³/mol. The number of aryl methyl sites for hydroxylation is 1. The molecule has 5 N–H and O–H groups in total. The average Bonchev–Trinajstić information content (AvgIpc) is 3.86. The summed E-state index contributed by atoms with van der Waals surface area (Å²) in [7, 11) is 0. The first-order valence-corrected chi connectivity index (χ1v) is 21.9. The molecule has 0 unspecified atom stereocenters. The van der Waals surface area contributed by atoms with E-state index in [1.807, 2.05) is 33.8 Å². The van der Waals surface area contributed by atoms with E-state index in [4.69, 9.17) is 0 Å². The largest absolute Gasteiger partial charge is 0.353 e. The summed E-state index contributed by atoms with van der Waals surface area (Å²) < 4.78 is 0. The van der Waals surface area contributed by atoms with E-state index in [2.05, 4.69) is 26.3 Å². The molecule has 322 valence electrons. The van der Waals surface area contributed by atoms with E-state index in [1.54, 1.807) is 42.2 Å². The second kappa shape index (κ2) is 18.9. The van der Waals surface area contributed by atoms with Crippen molar-refractivity contribution in [3.63, 3.8) is 0 Å². The van der Waals surface area contributed by atoms with Crippen molar-refractivity contribution in [3.8, 4) is 6.07 Å². The van der Waals surface area contributed by atoms with E-state index >= 15 is 4.79 Å². The molecule has 1 saturated heterocycles. The molecule has 1 aromatic heterocycles. The molecule has 6 rings (SSSR count). The first kappa shape index (κ1) is 44.2. The highest BCUT2D eigenvalue weighted by Gasteiger charge is 2.51. The smallest absolute Gasteiger partial charge is 0.289 e. The molecule has 2 heterocycles. The van der Waals surface area contributed by atoms with Crippen LogP contribution >= 0.6 is 0 Å². The fraction of sp³-hybridized carbons (Fsp3) is 0.609. The molecule has 3 aliphatic carbocycles. The van der Waals surface area contributed by atoms with Crippen molar-refractivity contribution in [1.82, 2.24) is 31.2 Å². The van der Waals surface area contributed by atoms with Crippen LogP contribution in [0.5, 0.6) is 0 Å². The summed E-state index contributed by atoms with van der Waals surface area (Å²) in [4.78, 5) is 102. The lowest BCUT2D eigenvalue weighted by atomic mass is 9.81. The van der Waals surface area contributed by atoms with Gasteiger partial charge in [-0.05, 0) is 75.5 Å². The number of Topliss-reactive ketones (excluding diaryl/α,β-unsaturated/α-hetero) is 1. The molecule has 0 spiro atoms. The quantitative estimate of drug-likeness (QED) is 0.123. The number of aromatic nitrogens is 1. The molecule has 4 fully saturated rings. The van der Waals surface area contributed by atoms with Gasteiger partial charge in [-0.25, -0.2) is 0 Å². The highest BCUT2D eigenvalue weighted by molar-refractivity contribution is 6.38. The number of nitrogens with one attached hydrogen (secondary N) is 5. The summed E-state index contributed by atoms with van der Waals surface area (Å²) in [6, 6.07) is 6.15. The molecule has 14 heteroatoms. The van der Waals surface area contributed by atoms with Crippen molar-refractivity contribution in [2.24, 2.45) is 17.3 Å².